The highest BCUT2D eigenvalue weighted by Gasteiger charge is 2.17. The van der Waals surface area contributed by atoms with Crippen LogP contribution in [-0.2, 0) is 11.2 Å². The van der Waals surface area contributed by atoms with Crippen LogP contribution in [-0.4, -0.2) is 35.2 Å². The minimum atomic E-state index is -0.509. The number of thioether (sulfide) groups is 1. The SMILES string of the molecule is CCc1nc(SC)ncc1C(=O)Nc1ccccc1C(=O)OC. The Labute approximate surface area is 138 Å². The van der Waals surface area contributed by atoms with Crippen molar-refractivity contribution < 1.29 is 14.3 Å². The Hall–Kier alpha value is -2.41. The number of carbonyl (C=O) groups excluding carboxylic acids is 2. The zero-order valence-electron chi connectivity index (χ0n) is 13.1. The summed E-state index contributed by atoms with van der Waals surface area (Å²) in [4.78, 5) is 32.8. The molecule has 7 heteroatoms. The van der Waals surface area contributed by atoms with Crippen molar-refractivity contribution in [2.24, 2.45) is 0 Å². The summed E-state index contributed by atoms with van der Waals surface area (Å²) in [5.41, 5.74) is 1.74. The molecule has 0 radical (unpaired) electrons. The van der Waals surface area contributed by atoms with Gasteiger partial charge in [0.2, 0.25) is 0 Å². The van der Waals surface area contributed by atoms with Crippen LogP contribution in [0.3, 0.4) is 0 Å². The van der Waals surface area contributed by atoms with Crippen LogP contribution in [0.4, 0.5) is 5.69 Å². The standard InChI is InChI=1S/C16H17N3O3S/c1-4-12-11(9-17-16(19-12)23-3)14(20)18-13-8-6-5-7-10(13)15(21)22-2/h5-9H,4H2,1-3H3,(H,18,20). The van der Waals surface area contributed by atoms with Gasteiger partial charge in [0.1, 0.15) is 0 Å². The third kappa shape index (κ3) is 3.87. The molecule has 0 unspecified atom stereocenters. The Bertz CT molecular complexity index is 734. The number of amides is 1. The topological polar surface area (TPSA) is 81.2 Å². The Balaban J connectivity index is 2.32. The van der Waals surface area contributed by atoms with Crippen molar-refractivity contribution in [1.82, 2.24) is 9.97 Å². The summed E-state index contributed by atoms with van der Waals surface area (Å²) in [5.74, 6) is -0.864. The van der Waals surface area contributed by atoms with Gasteiger partial charge in [-0.25, -0.2) is 14.8 Å². The first-order valence-electron chi connectivity index (χ1n) is 6.99. The molecule has 2 rings (SSSR count). The number of esters is 1. The lowest BCUT2D eigenvalue weighted by Gasteiger charge is -2.11. The van der Waals surface area contributed by atoms with Gasteiger partial charge >= 0.3 is 5.97 Å². The van der Waals surface area contributed by atoms with Crippen LogP contribution in [0.25, 0.3) is 0 Å². The Morgan fingerprint density at radius 1 is 1.26 bits per heavy atom. The van der Waals surface area contributed by atoms with Gasteiger partial charge in [-0.15, -0.1) is 0 Å². The predicted molar refractivity (Wildman–Crippen MR) is 88.9 cm³/mol. The summed E-state index contributed by atoms with van der Waals surface area (Å²) in [6.07, 6.45) is 3.99. The van der Waals surface area contributed by atoms with Gasteiger partial charge in [0.15, 0.2) is 5.16 Å². The summed E-state index contributed by atoms with van der Waals surface area (Å²) in [7, 11) is 1.30. The van der Waals surface area contributed by atoms with Crippen molar-refractivity contribution in [2.45, 2.75) is 18.5 Å². The maximum atomic E-state index is 12.5. The summed E-state index contributed by atoms with van der Waals surface area (Å²) >= 11 is 1.42. The van der Waals surface area contributed by atoms with Crippen molar-refractivity contribution in [3.05, 3.63) is 47.3 Å². The van der Waals surface area contributed by atoms with Gasteiger partial charge in [-0.2, -0.15) is 0 Å². The largest absolute Gasteiger partial charge is 0.465 e. The van der Waals surface area contributed by atoms with E-state index in [2.05, 4.69) is 15.3 Å². The number of benzene rings is 1. The van der Waals surface area contributed by atoms with E-state index < -0.39 is 5.97 Å². The minimum absolute atomic E-state index is 0.294. The normalized spacial score (nSPS) is 10.2. The summed E-state index contributed by atoms with van der Waals surface area (Å²) < 4.78 is 4.72. The number of rotatable bonds is 5. The molecule has 23 heavy (non-hydrogen) atoms. The van der Waals surface area contributed by atoms with E-state index in [1.54, 1.807) is 24.3 Å². The van der Waals surface area contributed by atoms with E-state index in [0.29, 0.717) is 34.1 Å². The molecule has 0 spiro atoms. The first-order valence-corrected chi connectivity index (χ1v) is 8.21. The average Bonchev–Trinajstić information content (AvgIpc) is 2.60. The molecule has 0 saturated carbocycles. The van der Waals surface area contributed by atoms with Crippen molar-refractivity contribution in [3.63, 3.8) is 0 Å². The van der Waals surface area contributed by atoms with E-state index in [0.717, 1.165) is 0 Å². The molecule has 1 aromatic heterocycles. The average molecular weight is 331 g/mol. The molecule has 1 N–H and O–H groups in total. The lowest BCUT2D eigenvalue weighted by atomic mass is 10.1. The molecule has 1 aromatic carbocycles. The first kappa shape index (κ1) is 17.0. The van der Waals surface area contributed by atoms with Crippen LogP contribution in [0.15, 0.2) is 35.6 Å². The van der Waals surface area contributed by atoms with Gasteiger partial charge < -0.3 is 10.1 Å². The number of nitrogens with one attached hydrogen (secondary N) is 1. The van der Waals surface area contributed by atoms with E-state index in [9.17, 15) is 9.59 Å². The monoisotopic (exact) mass is 331 g/mol. The maximum Gasteiger partial charge on any atom is 0.339 e. The highest BCUT2D eigenvalue weighted by Crippen LogP contribution is 2.19. The number of ether oxygens (including phenoxy) is 1. The molecule has 0 aliphatic rings. The molecule has 0 aliphatic heterocycles. The van der Waals surface area contributed by atoms with Crippen LogP contribution < -0.4 is 5.32 Å². The molecule has 0 bridgehead atoms. The molecule has 0 saturated heterocycles. The number of aryl methyl sites for hydroxylation is 1. The van der Waals surface area contributed by atoms with Crippen LogP contribution in [0.2, 0.25) is 0 Å². The Morgan fingerprint density at radius 3 is 2.65 bits per heavy atom. The summed E-state index contributed by atoms with van der Waals surface area (Å²) in [5, 5.41) is 3.35. The zero-order valence-corrected chi connectivity index (χ0v) is 13.9. The number of aromatic nitrogens is 2. The Morgan fingerprint density at radius 2 is 2.00 bits per heavy atom. The molecule has 1 amide bonds. The molecule has 120 valence electrons. The van der Waals surface area contributed by atoms with Crippen molar-refractivity contribution >= 4 is 29.3 Å². The maximum absolute atomic E-state index is 12.5. The van der Waals surface area contributed by atoms with Gasteiger partial charge in [0.05, 0.1) is 29.6 Å². The molecule has 2 aromatic rings. The predicted octanol–water partition coefficient (Wildman–Crippen LogP) is 2.80. The number of anilines is 1. The fourth-order valence-corrected chi connectivity index (χ4v) is 2.39. The van der Waals surface area contributed by atoms with Crippen LogP contribution >= 0.6 is 11.8 Å². The van der Waals surface area contributed by atoms with Crippen molar-refractivity contribution in [3.8, 4) is 0 Å². The number of carbonyl (C=O) groups is 2. The van der Waals surface area contributed by atoms with E-state index in [1.165, 1.54) is 25.1 Å². The quantitative estimate of drug-likeness (QED) is 0.515. The molecule has 0 atom stereocenters. The van der Waals surface area contributed by atoms with E-state index in [-0.39, 0.29) is 5.91 Å². The Kier molecular flexibility index (Phi) is 5.70. The lowest BCUT2D eigenvalue weighted by molar-refractivity contribution is 0.0602. The van der Waals surface area contributed by atoms with Gasteiger partial charge in [-0.1, -0.05) is 30.8 Å². The molecule has 0 aliphatic carbocycles. The van der Waals surface area contributed by atoms with Crippen LogP contribution in [0, 0.1) is 0 Å². The second-order valence-electron chi connectivity index (χ2n) is 4.56. The second kappa shape index (κ2) is 7.73. The third-order valence-corrected chi connectivity index (χ3v) is 3.75. The molecular formula is C16H17N3O3S. The molecule has 0 fully saturated rings. The van der Waals surface area contributed by atoms with Crippen molar-refractivity contribution in [1.29, 1.82) is 0 Å². The molecule has 1 heterocycles. The summed E-state index contributed by atoms with van der Waals surface area (Å²) in [6.45, 7) is 1.92. The minimum Gasteiger partial charge on any atom is -0.465 e. The van der Waals surface area contributed by atoms with Gasteiger partial charge in [-0.05, 0) is 24.8 Å². The highest BCUT2D eigenvalue weighted by molar-refractivity contribution is 7.98. The van der Waals surface area contributed by atoms with Gasteiger partial charge in [0, 0.05) is 6.20 Å². The van der Waals surface area contributed by atoms with Gasteiger partial charge in [0.25, 0.3) is 5.91 Å². The fraction of sp³-hybridized carbons (Fsp3) is 0.250. The number of methoxy groups -OCH3 is 1. The van der Waals surface area contributed by atoms with Gasteiger partial charge in [-0.3, -0.25) is 4.79 Å². The number of nitrogens with zero attached hydrogens (tertiary/aromatic N) is 2. The zero-order chi connectivity index (χ0) is 16.8. The molecule has 6 nitrogen and oxygen atoms in total. The van der Waals surface area contributed by atoms with Crippen molar-refractivity contribution in [2.75, 3.05) is 18.7 Å². The second-order valence-corrected chi connectivity index (χ2v) is 5.34. The van der Waals surface area contributed by atoms with Crippen LogP contribution in [0.5, 0.6) is 0 Å². The van der Waals surface area contributed by atoms with E-state index >= 15 is 0 Å². The summed E-state index contributed by atoms with van der Waals surface area (Å²) in [6, 6.07) is 6.67. The number of hydrogen-bond acceptors (Lipinski definition) is 6. The smallest absolute Gasteiger partial charge is 0.339 e. The van der Waals surface area contributed by atoms with Crippen LogP contribution in [0.1, 0.15) is 33.3 Å². The lowest BCUT2D eigenvalue weighted by Crippen LogP contribution is -2.18. The molecular weight excluding hydrogens is 314 g/mol. The van der Waals surface area contributed by atoms with E-state index in [4.69, 9.17) is 4.74 Å². The third-order valence-electron chi connectivity index (χ3n) is 3.19. The fourth-order valence-electron chi connectivity index (χ4n) is 2.03. The highest BCUT2D eigenvalue weighted by atomic mass is 32.2. The number of para-hydroxylation sites is 1. The first-order chi connectivity index (χ1) is 11.1. The van der Waals surface area contributed by atoms with E-state index in [1.807, 2.05) is 13.2 Å². The number of hydrogen-bond donors (Lipinski definition) is 1.